The number of aromatic nitrogens is 1. The Labute approximate surface area is 242 Å². The van der Waals surface area contributed by atoms with Crippen molar-refractivity contribution in [3.63, 3.8) is 0 Å². The van der Waals surface area contributed by atoms with E-state index in [2.05, 4.69) is 4.98 Å². The largest absolute Gasteiger partial charge is 0.493 e. The number of pyridine rings is 1. The summed E-state index contributed by atoms with van der Waals surface area (Å²) >= 11 is 0. The Bertz CT molecular complexity index is 1320. The van der Waals surface area contributed by atoms with Crippen molar-refractivity contribution in [2.45, 2.75) is 33.6 Å². The summed E-state index contributed by atoms with van der Waals surface area (Å²) in [5.41, 5.74) is 1.89. The minimum atomic E-state index is -1.16. The molecule has 1 aromatic heterocycles. The van der Waals surface area contributed by atoms with Crippen molar-refractivity contribution in [2.24, 2.45) is 5.41 Å². The average molecular weight is 565 g/mol. The van der Waals surface area contributed by atoms with Crippen molar-refractivity contribution in [1.29, 1.82) is 0 Å². The molecule has 2 aromatic carbocycles. The molecule has 2 heterocycles. The second kappa shape index (κ2) is 13.4. The van der Waals surface area contributed by atoms with Crippen molar-refractivity contribution in [1.82, 2.24) is 9.88 Å². The van der Waals surface area contributed by atoms with Gasteiger partial charge in [0.1, 0.15) is 11.2 Å². The van der Waals surface area contributed by atoms with Crippen LogP contribution in [0.1, 0.15) is 43.1 Å². The number of fused-ring (bicyclic) bond motifs is 1. The molecule has 0 aliphatic carbocycles. The lowest BCUT2D eigenvalue weighted by Gasteiger charge is -2.27. The van der Waals surface area contributed by atoms with E-state index in [0.717, 1.165) is 5.56 Å². The van der Waals surface area contributed by atoms with E-state index in [1.807, 2.05) is 72.6 Å². The molecule has 3 aromatic rings. The van der Waals surface area contributed by atoms with Crippen LogP contribution in [0.3, 0.4) is 0 Å². The minimum Gasteiger partial charge on any atom is -0.493 e. The van der Waals surface area contributed by atoms with E-state index in [9.17, 15) is 14.4 Å². The quantitative estimate of drug-likeness (QED) is 0.255. The van der Waals surface area contributed by atoms with Gasteiger partial charge in [-0.1, -0.05) is 24.3 Å². The molecular formula is C31H37ClN4O4. The van der Waals surface area contributed by atoms with Gasteiger partial charge in [-0.15, -0.1) is 12.4 Å². The fourth-order valence-corrected chi connectivity index (χ4v) is 4.80. The van der Waals surface area contributed by atoms with Gasteiger partial charge >= 0.3 is 0 Å². The van der Waals surface area contributed by atoms with Crippen LogP contribution < -0.4 is 14.5 Å². The molecule has 0 spiro atoms. The number of carbonyl (C=O) groups excluding carboxylic acids is 3. The first kappa shape index (κ1) is 30.6. The summed E-state index contributed by atoms with van der Waals surface area (Å²) in [6.07, 6.45) is 4.90. The van der Waals surface area contributed by atoms with Crippen LogP contribution >= 0.6 is 12.4 Å². The van der Waals surface area contributed by atoms with Gasteiger partial charge in [-0.2, -0.15) is 0 Å². The second-order valence-electron chi connectivity index (χ2n) is 10.2. The molecule has 4 rings (SSSR count). The summed E-state index contributed by atoms with van der Waals surface area (Å²) in [5, 5.41) is 0. The van der Waals surface area contributed by atoms with E-state index in [1.54, 1.807) is 38.1 Å². The summed E-state index contributed by atoms with van der Waals surface area (Å²) in [4.78, 5) is 48.6. The lowest BCUT2D eigenvalue weighted by atomic mass is 9.90. The SMILES string of the molecule is CCN1C(=O)C(C)(C)C(=O)N(C)c2cc(OCCCN(CCc3cccnc3)C(=O)c3ccccc3)ccc21.Cl. The fourth-order valence-electron chi connectivity index (χ4n) is 4.80. The third-order valence-corrected chi connectivity index (χ3v) is 7.08. The Morgan fingerprint density at radius 3 is 2.40 bits per heavy atom. The monoisotopic (exact) mass is 564 g/mol. The molecule has 0 unspecified atom stereocenters. The van der Waals surface area contributed by atoms with E-state index >= 15 is 0 Å². The highest BCUT2D eigenvalue weighted by molar-refractivity contribution is 6.20. The van der Waals surface area contributed by atoms with Gasteiger partial charge in [0.25, 0.3) is 5.91 Å². The number of ether oxygens (including phenoxy) is 1. The van der Waals surface area contributed by atoms with E-state index in [-0.39, 0.29) is 30.1 Å². The summed E-state index contributed by atoms with van der Waals surface area (Å²) in [6.45, 7) is 7.18. The first-order valence-electron chi connectivity index (χ1n) is 13.3. The smallest absolute Gasteiger partial charge is 0.253 e. The van der Waals surface area contributed by atoms with Crippen LogP contribution in [0.25, 0.3) is 0 Å². The van der Waals surface area contributed by atoms with Crippen LogP contribution in [-0.2, 0) is 16.0 Å². The second-order valence-corrected chi connectivity index (χ2v) is 10.2. The van der Waals surface area contributed by atoms with Gasteiger partial charge in [0.2, 0.25) is 11.8 Å². The van der Waals surface area contributed by atoms with Crippen molar-refractivity contribution >= 4 is 41.5 Å². The zero-order chi connectivity index (χ0) is 28.0. The first-order valence-corrected chi connectivity index (χ1v) is 13.3. The molecule has 212 valence electrons. The Balaban J connectivity index is 0.00000441. The molecule has 1 aliphatic rings. The molecule has 0 bridgehead atoms. The molecule has 3 amide bonds. The molecule has 0 atom stereocenters. The zero-order valence-corrected chi connectivity index (χ0v) is 24.3. The molecule has 8 nitrogen and oxygen atoms in total. The standard InChI is InChI=1S/C31H36N4O4.ClH/c1-5-35-26-15-14-25(21-27(26)33(4)29(37)31(2,3)30(35)38)39-20-10-18-34(19-16-23-11-9-17-32-22-23)28(36)24-12-7-6-8-13-24;/h6-9,11-15,17,21-22H,5,10,16,18-20H2,1-4H3;1H. The Hall–Kier alpha value is -3.91. The lowest BCUT2D eigenvalue weighted by molar-refractivity contribution is -0.137. The number of anilines is 2. The summed E-state index contributed by atoms with van der Waals surface area (Å²) in [5.74, 6) is 0.110. The Morgan fingerprint density at radius 2 is 1.73 bits per heavy atom. The number of nitrogens with zero attached hydrogens (tertiary/aromatic N) is 4. The van der Waals surface area contributed by atoms with Crippen molar-refractivity contribution in [3.05, 3.63) is 84.2 Å². The maximum absolute atomic E-state index is 13.2. The number of amides is 3. The van der Waals surface area contributed by atoms with Gasteiger partial charge in [-0.05, 0) is 69.5 Å². The molecule has 1 aliphatic heterocycles. The maximum atomic E-state index is 13.2. The zero-order valence-electron chi connectivity index (χ0n) is 23.5. The van der Waals surface area contributed by atoms with Crippen LogP contribution in [0, 0.1) is 5.41 Å². The Morgan fingerprint density at radius 1 is 0.975 bits per heavy atom. The summed E-state index contributed by atoms with van der Waals surface area (Å²) in [6, 6.07) is 18.6. The van der Waals surface area contributed by atoms with Gasteiger partial charge in [0, 0.05) is 50.7 Å². The molecular weight excluding hydrogens is 528 g/mol. The highest BCUT2D eigenvalue weighted by Gasteiger charge is 2.45. The van der Waals surface area contributed by atoms with E-state index in [1.165, 1.54) is 4.90 Å². The molecule has 40 heavy (non-hydrogen) atoms. The van der Waals surface area contributed by atoms with Crippen LogP contribution in [0.2, 0.25) is 0 Å². The number of rotatable bonds is 10. The lowest BCUT2D eigenvalue weighted by Crippen LogP contribution is -2.47. The van der Waals surface area contributed by atoms with Gasteiger partial charge in [0.15, 0.2) is 0 Å². The molecule has 0 N–H and O–H groups in total. The van der Waals surface area contributed by atoms with E-state index in [0.29, 0.717) is 61.8 Å². The topological polar surface area (TPSA) is 83.1 Å². The summed E-state index contributed by atoms with van der Waals surface area (Å²) in [7, 11) is 1.69. The van der Waals surface area contributed by atoms with Crippen molar-refractivity contribution in [2.75, 3.05) is 43.1 Å². The van der Waals surface area contributed by atoms with Gasteiger partial charge in [-0.25, -0.2) is 0 Å². The normalized spacial score (nSPS) is 14.2. The molecule has 0 saturated heterocycles. The summed E-state index contributed by atoms with van der Waals surface area (Å²) < 4.78 is 6.05. The fraction of sp³-hybridized carbons (Fsp3) is 0.355. The highest BCUT2D eigenvalue weighted by atomic mass is 35.5. The number of carbonyl (C=O) groups is 3. The first-order chi connectivity index (χ1) is 18.7. The molecule has 0 radical (unpaired) electrons. The van der Waals surface area contributed by atoms with Crippen LogP contribution in [0.4, 0.5) is 11.4 Å². The van der Waals surface area contributed by atoms with Crippen LogP contribution in [0.5, 0.6) is 5.75 Å². The third kappa shape index (κ3) is 6.62. The number of benzene rings is 2. The number of hydrogen-bond donors (Lipinski definition) is 0. The van der Waals surface area contributed by atoms with Crippen molar-refractivity contribution < 1.29 is 19.1 Å². The predicted octanol–water partition coefficient (Wildman–Crippen LogP) is 5.01. The van der Waals surface area contributed by atoms with Crippen LogP contribution in [-0.4, -0.2) is 60.9 Å². The molecule has 0 fully saturated rings. The number of halogens is 1. The molecule has 0 saturated carbocycles. The maximum Gasteiger partial charge on any atom is 0.253 e. The minimum absolute atomic E-state index is 0. The van der Waals surface area contributed by atoms with Gasteiger partial charge in [0.05, 0.1) is 18.0 Å². The van der Waals surface area contributed by atoms with Gasteiger partial charge < -0.3 is 19.4 Å². The third-order valence-electron chi connectivity index (χ3n) is 7.08. The Kier molecular flexibility index (Phi) is 10.3. The predicted molar refractivity (Wildman–Crippen MR) is 159 cm³/mol. The number of hydrogen-bond acceptors (Lipinski definition) is 5. The van der Waals surface area contributed by atoms with Crippen LogP contribution in [0.15, 0.2) is 73.1 Å². The van der Waals surface area contributed by atoms with E-state index in [4.69, 9.17) is 4.74 Å². The van der Waals surface area contributed by atoms with E-state index < -0.39 is 5.41 Å². The highest BCUT2D eigenvalue weighted by Crippen LogP contribution is 2.40. The molecule has 9 heteroatoms. The van der Waals surface area contributed by atoms with Crippen molar-refractivity contribution in [3.8, 4) is 5.75 Å². The average Bonchev–Trinajstić information content (AvgIpc) is 3.01. The van der Waals surface area contributed by atoms with Gasteiger partial charge in [-0.3, -0.25) is 19.4 Å².